The number of carboxylic acid groups (broad SMARTS) is 1. The molecule has 2 unspecified atom stereocenters. The standard InChI is InChI=1S/C25H24ClNO3/c26-20-14-12-19(13-15-20)24(27-16-6-10-22(27)25(28)29)21-9-4-5-11-23(21)30-17-18-7-2-1-3-8-18/h1-5,7-9,11-15,22,24H,6,10,16-17H2,(H,28,29). The number of ether oxygens (including phenoxy) is 1. The van der Waals surface area contributed by atoms with Gasteiger partial charge in [-0.15, -0.1) is 0 Å². The Bertz CT molecular complexity index is 991. The van der Waals surface area contributed by atoms with Gasteiger partial charge in [0.25, 0.3) is 0 Å². The van der Waals surface area contributed by atoms with Gasteiger partial charge in [-0.1, -0.05) is 72.3 Å². The molecule has 1 N–H and O–H groups in total. The average molecular weight is 422 g/mol. The fraction of sp³-hybridized carbons (Fsp3) is 0.240. The molecule has 5 heteroatoms. The summed E-state index contributed by atoms with van der Waals surface area (Å²) in [5, 5.41) is 10.5. The van der Waals surface area contributed by atoms with E-state index >= 15 is 0 Å². The van der Waals surface area contributed by atoms with E-state index in [1.165, 1.54) is 0 Å². The fourth-order valence-electron chi connectivity index (χ4n) is 4.13. The zero-order valence-electron chi connectivity index (χ0n) is 16.6. The van der Waals surface area contributed by atoms with Gasteiger partial charge in [-0.3, -0.25) is 9.69 Å². The summed E-state index contributed by atoms with van der Waals surface area (Å²) in [4.78, 5) is 14.0. The lowest BCUT2D eigenvalue weighted by Crippen LogP contribution is -2.39. The maximum atomic E-state index is 11.9. The molecule has 0 radical (unpaired) electrons. The van der Waals surface area contributed by atoms with Crippen molar-refractivity contribution in [1.82, 2.24) is 4.90 Å². The Morgan fingerprint density at radius 2 is 1.73 bits per heavy atom. The molecule has 30 heavy (non-hydrogen) atoms. The predicted octanol–water partition coefficient (Wildman–Crippen LogP) is 5.56. The van der Waals surface area contributed by atoms with Crippen LogP contribution in [0.2, 0.25) is 5.02 Å². The molecule has 3 aromatic rings. The summed E-state index contributed by atoms with van der Waals surface area (Å²) >= 11 is 6.12. The van der Waals surface area contributed by atoms with E-state index < -0.39 is 12.0 Å². The Labute approximate surface area is 181 Å². The third-order valence-electron chi connectivity index (χ3n) is 5.55. The second kappa shape index (κ2) is 9.33. The van der Waals surface area contributed by atoms with E-state index in [9.17, 15) is 9.90 Å². The number of aliphatic carboxylic acids is 1. The van der Waals surface area contributed by atoms with Crippen molar-refractivity contribution in [3.8, 4) is 5.75 Å². The van der Waals surface area contributed by atoms with Crippen molar-refractivity contribution < 1.29 is 14.6 Å². The van der Waals surface area contributed by atoms with Gasteiger partial charge in [0.15, 0.2) is 0 Å². The first kappa shape index (κ1) is 20.5. The van der Waals surface area contributed by atoms with E-state index in [1.54, 1.807) is 0 Å². The monoisotopic (exact) mass is 421 g/mol. The van der Waals surface area contributed by atoms with Crippen LogP contribution in [0.1, 0.15) is 35.6 Å². The van der Waals surface area contributed by atoms with E-state index in [2.05, 4.69) is 4.90 Å². The van der Waals surface area contributed by atoms with Crippen molar-refractivity contribution in [1.29, 1.82) is 0 Å². The molecule has 2 atom stereocenters. The van der Waals surface area contributed by atoms with Gasteiger partial charge in [0.05, 0.1) is 6.04 Å². The second-order valence-corrected chi connectivity index (χ2v) is 7.94. The molecule has 0 aromatic heterocycles. The van der Waals surface area contributed by atoms with Gasteiger partial charge in [-0.05, 0) is 42.2 Å². The zero-order chi connectivity index (χ0) is 20.9. The number of rotatable bonds is 7. The molecule has 0 saturated carbocycles. The lowest BCUT2D eigenvalue weighted by molar-refractivity contribution is -0.142. The minimum absolute atomic E-state index is 0.224. The van der Waals surface area contributed by atoms with E-state index in [1.807, 2.05) is 78.9 Å². The number of hydrogen-bond acceptors (Lipinski definition) is 3. The molecule has 154 valence electrons. The fourth-order valence-corrected chi connectivity index (χ4v) is 4.26. The predicted molar refractivity (Wildman–Crippen MR) is 118 cm³/mol. The summed E-state index contributed by atoms with van der Waals surface area (Å²) in [6.45, 7) is 1.17. The molecule has 3 aromatic carbocycles. The third-order valence-corrected chi connectivity index (χ3v) is 5.80. The quantitative estimate of drug-likeness (QED) is 0.542. The molecular weight excluding hydrogens is 398 g/mol. The Balaban J connectivity index is 1.72. The van der Waals surface area contributed by atoms with Gasteiger partial charge >= 0.3 is 5.97 Å². The number of hydrogen-bond donors (Lipinski definition) is 1. The Morgan fingerprint density at radius 3 is 2.47 bits per heavy atom. The highest BCUT2D eigenvalue weighted by atomic mass is 35.5. The van der Waals surface area contributed by atoms with E-state index in [0.29, 0.717) is 18.1 Å². The first-order chi connectivity index (χ1) is 14.6. The highest BCUT2D eigenvalue weighted by Crippen LogP contribution is 2.39. The van der Waals surface area contributed by atoms with Crippen molar-refractivity contribution in [2.45, 2.75) is 31.5 Å². The van der Waals surface area contributed by atoms with Crippen LogP contribution in [0.4, 0.5) is 0 Å². The van der Waals surface area contributed by atoms with Gasteiger partial charge in [0.1, 0.15) is 18.4 Å². The van der Waals surface area contributed by atoms with Crippen LogP contribution in [0.5, 0.6) is 5.75 Å². The van der Waals surface area contributed by atoms with Crippen LogP contribution in [-0.2, 0) is 11.4 Å². The zero-order valence-corrected chi connectivity index (χ0v) is 17.3. The Hall–Kier alpha value is -2.82. The molecule has 1 aliphatic rings. The number of benzene rings is 3. The van der Waals surface area contributed by atoms with E-state index in [0.717, 1.165) is 35.4 Å². The summed E-state index contributed by atoms with van der Waals surface area (Å²) in [6.07, 6.45) is 1.50. The van der Waals surface area contributed by atoms with Crippen LogP contribution in [-0.4, -0.2) is 28.6 Å². The van der Waals surface area contributed by atoms with Gasteiger partial charge in [-0.25, -0.2) is 0 Å². The van der Waals surface area contributed by atoms with E-state index in [4.69, 9.17) is 16.3 Å². The van der Waals surface area contributed by atoms with Crippen LogP contribution in [0.3, 0.4) is 0 Å². The summed E-state index contributed by atoms with van der Waals surface area (Å²) < 4.78 is 6.20. The van der Waals surface area contributed by atoms with Gasteiger partial charge < -0.3 is 9.84 Å². The summed E-state index contributed by atoms with van der Waals surface area (Å²) in [6, 6.07) is 24.8. The Kier molecular flexibility index (Phi) is 6.36. The molecule has 1 heterocycles. The van der Waals surface area contributed by atoms with Crippen LogP contribution in [0.15, 0.2) is 78.9 Å². The number of carboxylic acids is 1. The van der Waals surface area contributed by atoms with Crippen molar-refractivity contribution >= 4 is 17.6 Å². The highest BCUT2D eigenvalue weighted by molar-refractivity contribution is 6.30. The van der Waals surface area contributed by atoms with Gasteiger partial charge in [-0.2, -0.15) is 0 Å². The van der Waals surface area contributed by atoms with Crippen LogP contribution in [0, 0.1) is 0 Å². The summed E-state index contributed by atoms with van der Waals surface area (Å²) in [5.41, 5.74) is 3.05. The molecule has 1 fully saturated rings. The molecule has 1 aliphatic heterocycles. The Morgan fingerprint density at radius 1 is 1.03 bits per heavy atom. The molecule has 4 nitrogen and oxygen atoms in total. The minimum atomic E-state index is -0.783. The molecule has 1 saturated heterocycles. The minimum Gasteiger partial charge on any atom is -0.489 e. The number of likely N-dealkylation sites (tertiary alicyclic amines) is 1. The molecule has 0 bridgehead atoms. The molecule has 0 aliphatic carbocycles. The molecular formula is C25H24ClNO3. The molecule has 4 rings (SSSR count). The topological polar surface area (TPSA) is 49.8 Å². The number of nitrogens with zero attached hydrogens (tertiary/aromatic N) is 1. The average Bonchev–Trinajstić information content (AvgIpc) is 3.25. The SMILES string of the molecule is O=C(O)C1CCCN1C(c1ccc(Cl)cc1)c1ccccc1OCc1ccccc1. The van der Waals surface area contributed by atoms with Crippen molar-refractivity contribution in [3.63, 3.8) is 0 Å². The molecule has 0 amide bonds. The maximum absolute atomic E-state index is 11.9. The van der Waals surface area contributed by atoms with Crippen LogP contribution in [0.25, 0.3) is 0 Å². The van der Waals surface area contributed by atoms with Crippen molar-refractivity contribution in [2.24, 2.45) is 0 Å². The van der Waals surface area contributed by atoms with Crippen LogP contribution >= 0.6 is 11.6 Å². The second-order valence-electron chi connectivity index (χ2n) is 7.50. The first-order valence-electron chi connectivity index (χ1n) is 10.1. The number of halogens is 1. The van der Waals surface area contributed by atoms with Gasteiger partial charge in [0.2, 0.25) is 0 Å². The third kappa shape index (κ3) is 4.50. The summed E-state index contributed by atoms with van der Waals surface area (Å²) in [7, 11) is 0. The lowest BCUT2D eigenvalue weighted by atomic mass is 9.95. The number of para-hydroxylation sites is 1. The van der Waals surface area contributed by atoms with Crippen molar-refractivity contribution in [2.75, 3.05) is 6.54 Å². The van der Waals surface area contributed by atoms with Gasteiger partial charge in [0, 0.05) is 17.1 Å². The smallest absolute Gasteiger partial charge is 0.320 e. The van der Waals surface area contributed by atoms with Crippen LogP contribution < -0.4 is 4.74 Å². The maximum Gasteiger partial charge on any atom is 0.320 e. The van der Waals surface area contributed by atoms with E-state index in [-0.39, 0.29) is 6.04 Å². The lowest BCUT2D eigenvalue weighted by Gasteiger charge is -2.33. The normalized spacial score (nSPS) is 17.6. The molecule has 0 spiro atoms. The summed E-state index contributed by atoms with van der Waals surface area (Å²) in [5.74, 6) is -0.0218. The number of carbonyl (C=O) groups is 1. The highest BCUT2D eigenvalue weighted by Gasteiger charge is 2.37. The van der Waals surface area contributed by atoms with Crippen molar-refractivity contribution in [3.05, 3.63) is 101 Å². The largest absolute Gasteiger partial charge is 0.489 e. The first-order valence-corrected chi connectivity index (χ1v) is 10.5.